The Labute approximate surface area is 96.6 Å². The van der Waals surface area contributed by atoms with Crippen molar-refractivity contribution in [3.05, 3.63) is 0 Å². The molecule has 1 aliphatic heterocycles. The summed E-state index contributed by atoms with van der Waals surface area (Å²) < 4.78 is 5.02. The van der Waals surface area contributed by atoms with Crippen molar-refractivity contribution in [2.45, 2.75) is 44.6 Å². The highest BCUT2D eigenvalue weighted by atomic mass is 16.6. The van der Waals surface area contributed by atoms with Gasteiger partial charge < -0.3 is 14.7 Å². The summed E-state index contributed by atoms with van der Waals surface area (Å²) in [5, 5.41) is 8.65. The van der Waals surface area contributed by atoms with Crippen molar-refractivity contribution in [2.24, 2.45) is 5.92 Å². The van der Waals surface area contributed by atoms with Gasteiger partial charge in [0.2, 0.25) is 0 Å². The average Bonchev–Trinajstić information content (AvgIpc) is 2.35. The van der Waals surface area contributed by atoms with Crippen molar-refractivity contribution in [3.8, 4) is 0 Å². The molecule has 0 aromatic carbocycles. The highest BCUT2D eigenvalue weighted by molar-refractivity contribution is 5.68. The van der Waals surface area contributed by atoms with Gasteiger partial charge in [-0.25, -0.2) is 4.79 Å². The molecule has 16 heavy (non-hydrogen) atoms. The van der Waals surface area contributed by atoms with E-state index in [4.69, 9.17) is 9.84 Å². The normalized spacial score (nSPS) is 29.7. The van der Waals surface area contributed by atoms with Crippen molar-refractivity contribution in [3.63, 3.8) is 0 Å². The molecule has 0 bridgehead atoms. The minimum Gasteiger partial charge on any atom is -0.447 e. The Kier molecular flexibility index (Phi) is 4.04. The number of aliphatic hydroxyl groups excluding tert-OH is 1. The molecule has 1 heterocycles. The van der Waals surface area contributed by atoms with Crippen LogP contribution in [0, 0.1) is 5.92 Å². The number of fused-ring (bicyclic) bond motifs is 1. The third-order valence-corrected chi connectivity index (χ3v) is 3.79. The van der Waals surface area contributed by atoms with Gasteiger partial charge in [0, 0.05) is 12.6 Å². The van der Waals surface area contributed by atoms with Crippen molar-refractivity contribution in [2.75, 3.05) is 19.8 Å². The smallest absolute Gasteiger partial charge is 0.410 e. The average molecular weight is 227 g/mol. The van der Waals surface area contributed by atoms with Crippen LogP contribution in [0.4, 0.5) is 4.79 Å². The monoisotopic (exact) mass is 227 g/mol. The Morgan fingerprint density at radius 1 is 1.25 bits per heavy atom. The molecule has 1 aliphatic carbocycles. The number of amides is 1. The summed E-state index contributed by atoms with van der Waals surface area (Å²) in [6, 6.07) is 0.397. The second-order valence-electron chi connectivity index (χ2n) is 4.79. The first kappa shape index (κ1) is 11.7. The minimum atomic E-state index is -0.231. The standard InChI is InChI=1S/C12H21NO3/c14-8-9-16-12(15)13-7-3-5-10-4-1-2-6-11(10)13/h10-11,14H,1-9H2. The molecule has 0 aromatic rings. The lowest BCUT2D eigenvalue weighted by Crippen LogP contribution is -2.49. The molecule has 4 nitrogen and oxygen atoms in total. The fourth-order valence-corrected chi connectivity index (χ4v) is 3.07. The molecule has 2 rings (SSSR count). The summed E-state index contributed by atoms with van der Waals surface area (Å²) in [6.07, 6.45) is 7.04. The summed E-state index contributed by atoms with van der Waals surface area (Å²) in [4.78, 5) is 13.7. The molecule has 1 amide bonds. The number of ether oxygens (including phenoxy) is 1. The molecule has 2 fully saturated rings. The van der Waals surface area contributed by atoms with Gasteiger partial charge in [0.25, 0.3) is 0 Å². The molecular weight excluding hydrogens is 206 g/mol. The fraction of sp³-hybridized carbons (Fsp3) is 0.917. The molecule has 1 saturated heterocycles. The largest absolute Gasteiger partial charge is 0.447 e. The van der Waals surface area contributed by atoms with E-state index in [9.17, 15) is 4.79 Å². The van der Waals surface area contributed by atoms with Gasteiger partial charge in [-0.2, -0.15) is 0 Å². The molecule has 2 unspecified atom stereocenters. The van der Waals surface area contributed by atoms with Crippen molar-refractivity contribution in [1.29, 1.82) is 0 Å². The zero-order valence-corrected chi connectivity index (χ0v) is 9.73. The highest BCUT2D eigenvalue weighted by Crippen LogP contribution is 2.35. The molecular formula is C12H21NO3. The lowest BCUT2D eigenvalue weighted by Gasteiger charge is -2.43. The first-order chi connectivity index (χ1) is 7.83. The van der Waals surface area contributed by atoms with Crippen LogP contribution >= 0.6 is 0 Å². The Morgan fingerprint density at radius 2 is 2.00 bits per heavy atom. The predicted molar refractivity (Wildman–Crippen MR) is 60.1 cm³/mol. The Hall–Kier alpha value is -0.770. The number of piperidine rings is 1. The van der Waals surface area contributed by atoms with E-state index in [1.54, 1.807) is 0 Å². The quantitative estimate of drug-likeness (QED) is 0.782. The zero-order chi connectivity index (χ0) is 11.4. The minimum absolute atomic E-state index is 0.0896. The molecule has 0 aromatic heterocycles. The summed E-state index contributed by atoms with van der Waals surface area (Å²) >= 11 is 0. The van der Waals surface area contributed by atoms with Gasteiger partial charge in [-0.1, -0.05) is 12.8 Å². The van der Waals surface area contributed by atoms with Crippen LogP contribution in [0.25, 0.3) is 0 Å². The molecule has 0 radical (unpaired) electrons. The number of carbonyl (C=O) groups excluding carboxylic acids is 1. The van der Waals surface area contributed by atoms with Crippen LogP contribution in [0.15, 0.2) is 0 Å². The topological polar surface area (TPSA) is 49.8 Å². The maximum Gasteiger partial charge on any atom is 0.410 e. The number of carbonyl (C=O) groups is 1. The van der Waals surface area contributed by atoms with Gasteiger partial charge in [-0.15, -0.1) is 0 Å². The third-order valence-electron chi connectivity index (χ3n) is 3.79. The van der Waals surface area contributed by atoms with Gasteiger partial charge in [0.15, 0.2) is 0 Å². The second-order valence-corrected chi connectivity index (χ2v) is 4.79. The first-order valence-electron chi connectivity index (χ1n) is 6.37. The number of aliphatic hydroxyl groups is 1. The van der Waals surface area contributed by atoms with Crippen LogP contribution in [0.2, 0.25) is 0 Å². The van der Waals surface area contributed by atoms with E-state index in [0.717, 1.165) is 19.4 Å². The van der Waals surface area contributed by atoms with Gasteiger partial charge >= 0.3 is 6.09 Å². The molecule has 2 aliphatic rings. The molecule has 2 atom stereocenters. The highest BCUT2D eigenvalue weighted by Gasteiger charge is 2.36. The SMILES string of the molecule is O=C(OCCO)N1CCCC2CCCCC21. The summed E-state index contributed by atoms with van der Waals surface area (Å²) in [5.74, 6) is 0.684. The van der Waals surface area contributed by atoms with Crippen LogP contribution in [0.3, 0.4) is 0 Å². The lowest BCUT2D eigenvalue weighted by molar-refractivity contribution is 0.0306. The number of likely N-dealkylation sites (tertiary alicyclic amines) is 1. The zero-order valence-electron chi connectivity index (χ0n) is 9.73. The van der Waals surface area contributed by atoms with E-state index in [0.29, 0.717) is 12.0 Å². The van der Waals surface area contributed by atoms with Crippen molar-refractivity contribution >= 4 is 6.09 Å². The van der Waals surface area contributed by atoms with E-state index in [1.807, 2.05) is 4.90 Å². The summed E-state index contributed by atoms with van der Waals surface area (Å²) in [7, 11) is 0. The fourth-order valence-electron chi connectivity index (χ4n) is 3.07. The molecule has 4 heteroatoms. The number of hydrogen-bond donors (Lipinski definition) is 1. The molecule has 0 spiro atoms. The Bertz CT molecular complexity index is 242. The van der Waals surface area contributed by atoms with Crippen LogP contribution in [-0.2, 0) is 4.74 Å². The van der Waals surface area contributed by atoms with E-state index in [-0.39, 0.29) is 19.3 Å². The Morgan fingerprint density at radius 3 is 2.81 bits per heavy atom. The van der Waals surface area contributed by atoms with Crippen LogP contribution in [-0.4, -0.2) is 41.9 Å². The molecule has 1 saturated carbocycles. The van der Waals surface area contributed by atoms with E-state index >= 15 is 0 Å². The number of hydrogen-bond acceptors (Lipinski definition) is 3. The number of nitrogens with zero attached hydrogens (tertiary/aromatic N) is 1. The summed E-state index contributed by atoms with van der Waals surface area (Å²) in [6.45, 7) is 0.853. The summed E-state index contributed by atoms with van der Waals surface area (Å²) in [5.41, 5.74) is 0. The number of rotatable bonds is 2. The van der Waals surface area contributed by atoms with Crippen LogP contribution in [0.1, 0.15) is 38.5 Å². The van der Waals surface area contributed by atoms with Gasteiger partial charge in [-0.3, -0.25) is 0 Å². The van der Waals surface area contributed by atoms with E-state index in [2.05, 4.69) is 0 Å². The van der Waals surface area contributed by atoms with Gasteiger partial charge in [0.1, 0.15) is 6.61 Å². The molecule has 1 N–H and O–H groups in total. The first-order valence-corrected chi connectivity index (χ1v) is 6.37. The maximum absolute atomic E-state index is 11.8. The third kappa shape index (κ3) is 2.48. The second kappa shape index (κ2) is 5.53. The predicted octanol–water partition coefficient (Wildman–Crippen LogP) is 1.77. The van der Waals surface area contributed by atoms with Crippen LogP contribution < -0.4 is 0 Å². The lowest BCUT2D eigenvalue weighted by atomic mass is 9.78. The molecule has 92 valence electrons. The van der Waals surface area contributed by atoms with Crippen molar-refractivity contribution < 1.29 is 14.6 Å². The van der Waals surface area contributed by atoms with Gasteiger partial charge in [0.05, 0.1) is 6.61 Å². The van der Waals surface area contributed by atoms with Crippen LogP contribution in [0.5, 0.6) is 0 Å². The van der Waals surface area contributed by atoms with E-state index in [1.165, 1.54) is 25.7 Å². The Balaban J connectivity index is 1.93. The van der Waals surface area contributed by atoms with Gasteiger partial charge in [-0.05, 0) is 31.6 Å². The van der Waals surface area contributed by atoms with Crippen molar-refractivity contribution in [1.82, 2.24) is 4.90 Å². The maximum atomic E-state index is 11.8. The van der Waals surface area contributed by atoms with E-state index < -0.39 is 0 Å².